The Morgan fingerprint density at radius 1 is 1.21 bits per heavy atom. The number of fused-ring (bicyclic) bond motifs is 1. The molecule has 144 valence electrons. The Labute approximate surface area is 162 Å². The second-order valence-corrected chi connectivity index (χ2v) is 6.77. The average molecular weight is 379 g/mol. The van der Waals surface area contributed by atoms with Crippen molar-refractivity contribution in [3.8, 4) is 11.5 Å². The van der Waals surface area contributed by atoms with E-state index in [2.05, 4.69) is 17.5 Å². The van der Waals surface area contributed by atoms with Gasteiger partial charge in [-0.05, 0) is 47.9 Å². The van der Waals surface area contributed by atoms with E-state index in [1.54, 1.807) is 17.0 Å². The van der Waals surface area contributed by atoms with Crippen molar-refractivity contribution in [1.82, 2.24) is 5.43 Å². The minimum atomic E-state index is -0.424. The smallest absolute Gasteiger partial charge is 0.245 e. The largest absolute Gasteiger partial charge is 0.454 e. The first-order valence-corrected chi connectivity index (χ1v) is 9.26. The lowest BCUT2D eigenvalue weighted by Gasteiger charge is -2.16. The SMILES string of the molecule is CCc1ccc(N2C[C@H](C(=O)N/N=C/c3ccc4c(c3)OCO4)CC2=O)cc1. The molecule has 1 saturated heterocycles. The zero-order valence-electron chi connectivity index (χ0n) is 15.6. The zero-order chi connectivity index (χ0) is 19.5. The number of benzene rings is 2. The topological polar surface area (TPSA) is 80.2 Å². The summed E-state index contributed by atoms with van der Waals surface area (Å²) < 4.78 is 10.6. The van der Waals surface area contributed by atoms with E-state index >= 15 is 0 Å². The van der Waals surface area contributed by atoms with Crippen LogP contribution in [-0.2, 0) is 16.0 Å². The third kappa shape index (κ3) is 3.69. The second-order valence-electron chi connectivity index (χ2n) is 6.77. The number of anilines is 1. The minimum Gasteiger partial charge on any atom is -0.454 e. The maximum absolute atomic E-state index is 12.4. The number of nitrogens with one attached hydrogen (secondary N) is 1. The van der Waals surface area contributed by atoms with Gasteiger partial charge in [-0.25, -0.2) is 5.43 Å². The Balaban J connectivity index is 1.35. The van der Waals surface area contributed by atoms with E-state index < -0.39 is 5.92 Å². The molecule has 7 nitrogen and oxygen atoms in total. The molecule has 0 saturated carbocycles. The Morgan fingerprint density at radius 3 is 2.79 bits per heavy atom. The fourth-order valence-electron chi connectivity index (χ4n) is 3.30. The van der Waals surface area contributed by atoms with Crippen molar-refractivity contribution in [3.05, 3.63) is 53.6 Å². The molecule has 0 aromatic heterocycles. The van der Waals surface area contributed by atoms with Crippen molar-refractivity contribution in [2.75, 3.05) is 18.2 Å². The molecule has 28 heavy (non-hydrogen) atoms. The highest BCUT2D eigenvalue weighted by atomic mass is 16.7. The minimum absolute atomic E-state index is 0.0517. The summed E-state index contributed by atoms with van der Waals surface area (Å²) in [6.07, 6.45) is 2.67. The lowest BCUT2D eigenvalue weighted by molar-refractivity contribution is -0.126. The highest BCUT2D eigenvalue weighted by molar-refractivity contribution is 6.00. The van der Waals surface area contributed by atoms with Crippen LogP contribution < -0.4 is 19.8 Å². The van der Waals surface area contributed by atoms with Crippen LogP contribution >= 0.6 is 0 Å². The molecule has 2 aliphatic rings. The first-order chi connectivity index (χ1) is 13.6. The summed E-state index contributed by atoms with van der Waals surface area (Å²) in [6, 6.07) is 13.3. The molecule has 0 spiro atoms. The number of ether oxygens (including phenoxy) is 2. The maximum atomic E-state index is 12.4. The van der Waals surface area contributed by atoms with E-state index in [0.717, 1.165) is 17.7 Å². The van der Waals surface area contributed by atoms with Gasteiger partial charge in [0.05, 0.1) is 12.1 Å². The summed E-state index contributed by atoms with van der Waals surface area (Å²) in [5, 5.41) is 4.01. The van der Waals surface area contributed by atoms with Gasteiger partial charge in [0.25, 0.3) is 0 Å². The van der Waals surface area contributed by atoms with Crippen LogP contribution in [0.15, 0.2) is 47.6 Å². The monoisotopic (exact) mass is 379 g/mol. The van der Waals surface area contributed by atoms with E-state index in [1.165, 1.54) is 11.8 Å². The van der Waals surface area contributed by atoms with Gasteiger partial charge in [0.15, 0.2) is 11.5 Å². The van der Waals surface area contributed by atoms with E-state index in [4.69, 9.17) is 9.47 Å². The molecule has 0 unspecified atom stereocenters. The number of carbonyl (C=O) groups is 2. The molecule has 7 heteroatoms. The predicted octanol–water partition coefficient (Wildman–Crippen LogP) is 2.48. The first-order valence-electron chi connectivity index (χ1n) is 9.26. The van der Waals surface area contributed by atoms with Crippen LogP contribution in [0, 0.1) is 5.92 Å². The van der Waals surface area contributed by atoms with E-state index in [1.807, 2.05) is 30.3 Å². The normalized spacial score (nSPS) is 18.1. The number of amides is 2. The van der Waals surface area contributed by atoms with Gasteiger partial charge in [0.2, 0.25) is 18.6 Å². The summed E-state index contributed by atoms with van der Waals surface area (Å²) >= 11 is 0. The molecule has 1 fully saturated rings. The molecule has 2 aliphatic heterocycles. The molecule has 4 rings (SSSR count). The molecular weight excluding hydrogens is 358 g/mol. The van der Waals surface area contributed by atoms with Crippen LogP contribution in [0.3, 0.4) is 0 Å². The third-order valence-corrected chi connectivity index (χ3v) is 4.94. The molecule has 0 bridgehead atoms. The molecule has 1 atom stereocenters. The lowest BCUT2D eigenvalue weighted by Crippen LogP contribution is -2.30. The molecule has 2 aromatic rings. The van der Waals surface area contributed by atoms with Gasteiger partial charge in [-0.1, -0.05) is 19.1 Å². The van der Waals surface area contributed by atoms with Gasteiger partial charge in [-0.2, -0.15) is 5.10 Å². The van der Waals surface area contributed by atoms with E-state index in [0.29, 0.717) is 18.0 Å². The number of nitrogens with zero attached hydrogens (tertiary/aromatic N) is 2. The van der Waals surface area contributed by atoms with Crippen molar-refractivity contribution >= 4 is 23.7 Å². The Bertz CT molecular complexity index is 924. The number of carbonyl (C=O) groups excluding carboxylic acids is 2. The van der Waals surface area contributed by atoms with Gasteiger partial charge in [0.1, 0.15) is 0 Å². The average Bonchev–Trinajstić information content (AvgIpc) is 3.34. The van der Waals surface area contributed by atoms with E-state index in [9.17, 15) is 9.59 Å². The number of hydrogen-bond donors (Lipinski definition) is 1. The third-order valence-electron chi connectivity index (χ3n) is 4.94. The van der Waals surface area contributed by atoms with Crippen LogP contribution in [0.1, 0.15) is 24.5 Å². The Hall–Kier alpha value is -3.35. The molecule has 2 aromatic carbocycles. The number of hydrogen-bond acceptors (Lipinski definition) is 5. The fraction of sp³-hybridized carbons (Fsp3) is 0.286. The van der Waals surface area contributed by atoms with Crippen LogP contribution in [0.5, 0.6) is 11.5 Å². The van der Waals surface area contributed by atoms with Crippen molar-refractivity contribution in [1.29, 1.82) is 0 Å². The molecule has 1 N–H and O–H groups in total. The van der Waals surface area contributed by atoms with Crippen LogP contribution in [-0.4, -0.2) is 31.4 Å². The summed E-state index contributed by atoms with van der Waals surface area (Å²) in [5.41, 5.74) is 5.34. The van der Waals surface area contributed by atoms with Crippen LogP contribution in [0.25, 0.3) is 0 Å². The molecule has 2 heterocycles. The number of aryl methyl sites for hydroxylation is 1. The highest BCUT2D eigenvalue weighted by Crippen LogP contribution is 2.32. The van der Waals surface area contributed by atoms with Crippen LogP contribution in [0.4, 0.5) is 5.69 Å². The van der Waals surface area contributed by atoms with Gasteiger partial charge >= 0.3 is 0 Å². The number of hydrazone groups is 1. The standard InChI is InChI=1S/C21H21N3O4/c1-2-14-3-6-17(7-4-14)24-12-16(10-20(24)25)21(26)23-22-11-15-5-8-18-19(9-15)28-13-27-18/h3-9,11,16H,2,10,12-13H2,1H3,(H,23,26)/b22-11+/t16-/m1/s1. The van der Waals surface area contributed by atoms with Crippen molar-refractivity contribution in [2.45, 2.75) is 19.8 Å². The van der Waals surface area contributed by atoms with Crippen molar-refractivity contribution in [2.24, 2.45) is 11.0 Å². The van der Waals surface area contributed by atoms with Gasteiger partial charge < -0.3 is 14.4 Å². The zero-order valence-corrected chi connectivity index (χ0v) is 15.6. The Morgan fingerprint density at radius 2 is 2.00 bits per heavy atom. The molecular formula is C21H21N3O4. The highest BCUT2D eigenvalue weighted by Gasteiger charge is 2.35. The first kappa shape index (κ1) is 18.0. The van der Waals surface area contributed by atoms with Crippen LogP contribution in [0.2, 0.25) is 0 Å². The van der Waals surface area contributed by atoms with Gasteiger partial charge in [0, 0.05) is 18.7 Å². The quantitative estimate of drug-likeness (QED) is 0.639. The van der Waals surface area contributed by atoms with Gasteiger partial charge in [-0.3, -0.25) is 9.59 Å². The van der Waals surface area contributed by atoms with E-state index in [-0.39, 0.29) is 25.0 Å². The molecule has 2 amide bonds. The molecule has 0 radical (unpaired) electrons. The maximum Gasteiger partial charge on any atom is 0.245 e. The summed E-state index contributed by atoms with van der Waals surface area (Å²) in [7, 11) is 0. The summed E-state index contributed by atoms with van der Waals surface area (Å²) in [6.45, 7) is 2.65. The Kier molecular flexibility index (Phi) is 4.97. The second kappa shape index (κ2) is 7.72. The van der Waals surface area contributed by atoms with Crippen molar-refractivity contribution in [3.63, 3.8) is 0 Å². The van der Waals surface area contributed by atoms with Crippen molar-refractivity contribution < 1.29 is 19.1 Å². The predicted molar refractivity (Wildman–Crippen MR) is 105 cm³/mol. The van der Waals surface area contributed by atoms with Gasteiger partial charge in [-0.15, -0.1) is 0 Å². The lowest BCUT2D eigenvalue weighted by atomic mass is 10.1. The fourth-order valence-corrected chi connectivity index (χ4v) is 3.30. The molecule has 0 aliphatic carbocycles. The summed E-state index contributed by atoms with van der Waals surface area (Å²) in [4.78, 5) is 26.4. The number of rotatable bonds is 5. The summed E-state index contributed by atoms with van der Waals surface area (Å²) in [5.74, 6) is 0.605.